The largest absolute Gasteiger partial charge is 0.360 e. The number of aromatic amines is 1. The van der Waals surface area contributed by atoms with Gasteiger partial charge in [0, 0.05) is 23.2 Å². The first-order valence-electron chi connectivity index (χ1n) is 8.97. The predicted octanol–water partition coefficient (Wildman–Crippen LogP) is 5.55. The molecule has 0 unspecified atom stereocenters. The van der Waals surface area contributed by atoms with Gasteiger partial charge >= 0.3 is 0 Å². The second-order valence-electron chi connectivity index (χ2n) is 6.59. The van der Waals surface area contributed by atoms with E-state index in [0.29, 0.717) is 4.80 Å². The molecule has 4 rings (SSSR count). The third-order valence-electron chi connectivity index (χ3n) is 4.55. The van der Waals surface area contributed by atoms with Crippen molar-refractivity contribution in [1.29, 1.82) is 0 Å². The van der Waals surface area contributed by atoms with E-state index in [9.17, 15) is 8.78 Å². The number of aromatic nitrogens is 2. The molecule has 0 aliphatic rings. The van der Waals surface area contributed by atoms with Gasteiger partial charge < -0.3 is 4.98 Å². The Hall–Kier alpha value is -3.32. The summed E-state index contributed by atoms with van der Waals surface area (Å²) in [5.41, 5.74) is 5.06. The minimum atomic E-state index is -0.717. The minimum absolute atomic E-state index is 0.0590. The van der Waals surface area contributed by atoms with Crippen LogP contribution in [0.5, 0.6) is 0 Å². The molecule has 2 aromatic heterocycles. The van der Waals surface area contributed by atoms with Crippen LogP contribution in [0, 0.1) is 25.5 Å². The number of rotatable bonds is 4. The van der Waals surface area contributed by atoms with Gasteiger partial charge in [-0.3, -0.25) is 0 Å². The van der Waals surface area contributed by atoms with Crippen molar-refractivity contribution in [3.8, 4) is 11.3 Å². The Labute approximate surface area is 170 Å². The third kappa shape index (κ3) is 4.09. The maximum Gasteiger partial charge on any atom is 0.211 e. The zero-order valence-corrected chi connectivity index (χ0v) is 16.7. The van der Waals surface area contributed by atoms with Gasteiger partial charge in [-0.25, -0.2) is 18.4 Å². The highest BCUT2D eigenvalue weighted by molar-refractivity contribution is 7.07. The summed E-state index contributed by atoms with van der Waals surface area (Å²) in [6.07, 6.45) is 3.49. The molecule has 146 valence electrons. The Morgan fingerprint density at radius 2 is 1.90 bits per heavy atom. The zero-order valence-electron chi connectivity index (χ0n) is 15.9. The van der Waals surface area contributed by atoms with E-state index in [0.717, 1.165) is 28.6 Å². The van der Waals surface area contributed by atoms with E-state index in [1.54, 1.807) is 10.9 Å². The van der Waals surface area contributed by atoms with Crippen LogP contribution in [0.25, 0.3) is 11.3 Å². The van der Waals surface area contributed by atoms with Crippen molar-refractivity contribution in [3.63, 3.8) is 0 Å². The fraction of sp³-hybridized carbons (Fsp3) is 0.0909. The van der Waals surface area contributed by atoms with E-state index in [4.69, 9.17) is 0 Å². The average Bonchev–Trinajstić information content (AvgIpc) is 3.34. The van der Waals surface area contributed by atoms with Gasteiger partial charge in [-0.2, -0.15) is 5.10 Å². The van der Waals surface area contributed by atoms with Crippen molar-refractivity contribution in [1.82, 2.24) is 9.66 Å². The number of hydrogen-bond donors (Lipinski definition) is 1. The van der Waals surface area contributed by atoms with Crippen LogP contribution >= 0.6 is 11.3 Å². The number of halogens is 2. The number of nitrogens with zero attached hydrogens (tertiary/aromatic N) is 3. The summed E-state index contributed by atoms with van der Waals surface area (Å²) in [6.45, 7) is 4.11. The zero-order chi connectivity index (χ0) is 20.4. The van der Waals surface area contributed by atoms with E-state index in [1.165, 1.54) is 29.0 Å². The van der Waals surface area contributed by atoms with E-state index in [-0.39, 0.29) is 5.69 Å². The molecular formula is C22H18F2N4S. The maximum absolute atomic E-state index is 14.1. The summed E-state index contributed by atoms with van der Waals surface area (Å²) >= 11 is 1.34. The van der Waals surface area contributed by atoms with Crippen molar-refractivity contribution >= 4 is 23.2 Å². The number of hydrogen-bond acceptors (Lipinski definition) is 3. The van der Waals surface area contributed by atoms with Crippen molar-refractivity contribution < 1.29 is 8.78 Å². The summed E-state index contributed by atoms with van der Waals surface area (Å²) in [5, 5.41) is 6.49. The Bertz CT molecular complexity index is 1250. The molecule has 4 aromatic rings. The first kappa shape index (κ1) is 19.0. The van der Waals surface area contributed by atoms with Crippen LogP contribution in [0.15, 0.2) is 70.2 Å². The standard InChI is InChI=1S/C22H18F2N4S/c1-14-5-6-16(10-15(14)2)21-13-29-22(27-20-8-7-17(23)11-19(20)24)28(21)26-12-18-4-3-9-25-18/h3-13,25H,1-2H3. The molecule has 0 amide bonds. The van der Waals surface area contributed by atoms with Crippen LogP contribution in [0.4, 0.5) is 14.5 Å². The molecule has 0 fully saturated rings. The Morgan fingerprint density at radius 3 is 2.62 bits per heavy atom. The van der Waals surface area contributed by atoms with Gasteiger partial charge in [0.2, 0.25) is 4.80 Å². The highest BCUT2D eigenvalue weighted by Crippen LogP contribution is 2.24. The number of aryl methyl sites for hydroxylation is 2. The lowest BCUT2D eigenvalue weighted by Gasteiger charge is -2.06. The van der Waals surface area contributed by atoms with Crippen LogP contribution in [0.3, 0.4) is 0 Å². The molecule has 2 heterocycles. The molecule has 0 saturated carbocycles. The highest BCUT2D eigenvalue weighted by atomic mass is 32.1. The highest BCUT2D eigenvalue weighted by Gasteiger charge is 2.10. The molecular weight excluding hydrogens is 390 g/mol. The minimum Gasteiger partial charge on any atom is -0.360 e. The lowest BCUT2D eigenvalue weighted by atomic mass is 10.1. The monoisotopic (exact) mass is 408 g/mol. The molecule has 1 N–H and O–H groups in total. The molecule has 2 aromatic carbocycles. The number of thiazole rings is 1. The van der Waals surface area contributed by atoms with Gasteiger partial charge in [0.25, 0.3) is 0 Å². The van der Waals surface area contributed by atoms with Gasteiger partial charge in [0.15, 0.2) is 5.82 Å². The summed E-state index contributed by atoms with van der Waals surface area (Å²) in [5.74, 6) is -1.35. The third-order valence-corrected chi connectivity index (χ3v) is 5.36. The second kappa shape index (κ2) is 7.97. The normalized spacial score (nSPS) is 12.2. The molecule has 0 saturated heterocycles. The fourth-order valence-corrected chi connectivity index (χ4v) is 3.66. The lowest BCUT2D eigenvalue weighted by Crippen LogP contribution is -2.12. The summed E-state index contributed by atoms with van der Waals surface area (Å²) in [6, 6.07) is 13.3. The Kier molecular flexibility index (Phi) is 5.22. The van der Waals surface area contributed by atoms with Crippen LogP contribution in [-0.2, 0) is 0 Å². The van der Waals surface area contributed by atoms with E-state index in [2.05, 4.69) is 41.1 Å². The molecule has 0 radical (unpaired) electrons. The molecule has 0 atom stereocenters. The molecule has 7 heteroatoms. The Balaban J connectivity index is 1.88. The van der Waals surface area contributed by atoms with E-state index in [1.807, 2.05) is 29.8 Å². The van der Waals surface area contributed by atoms with Crippen LogP contribution in [0.1, 0.15) is 16.8 Å². The number of benzene rings is 2. The van der Waals surface area contributed by atoms with Crippen LogP contribution in [-0.4, -0.2) is 15.9 Å². The molecule has 0 aliphatic carbocycles. The first-order valence-corrected chi connectivity index (χ1v) is 9.85. The molecule has 4 nitrogen and oxygen atoms in total. The van der Waals surface area contributed by atoms with Crippen molar-refractivity contribution in [2.45, 2.75) is 13.8 Å². The molecule has 0 bridgehead atoms. The lowest BCUT2D eigenvalue weighted by molar-refractivity contribution is 0.584. The van der Waals surface area contributed by atoms with Gasteiger partial charge in [-0.05, 0) is 55.3 Å². The van der Waals surface area contributed by atoms with Gasteiger partial charge in [-0.15, -0.1) is 11.3 Å². The second-order valence-corrected chi connectivity index (χ2v) is 7.43. The molecule has 29 heavy (non-hydrogen) atoms. The average molecular weight is 408 g/mol. The van der Waals surface area contributed by atoms with Crippen LogP contribution < -0.4 is 4.80 Å². The number of H-pyrrole nitrogens is 1. The molecule has 0 spiro atoms. The van der Waals surface area contributed by atoms with Crippen molar-refractivity contribution in [2.24, 2.45) is 10.1 Å². The summed E-state index contributed by atoms with van der Waals surface area (Å²) < 4.78 is 29.0. The van der Waals surface area contributed by atoms with E-state index < -0.39 is 11.6 Å². The SMILES string of the molecule is Cc1ccc(-c2csc(=Nc3ccc(F)cc3F)n2N=Cc2ccc[nH]2)cc1C. The number of nitrogens with one attached hydrogen (secondary N) is 1. The van der Waals surface area contributed by atoms with Crippen LogP contribution in [0.2, 0.25) is 0 Å². The quantitative estimate of drug-likeness (QED) is 0.430. The van der Waals surface area contributed by atoms with Crippen molar-refractivity contribution in [3.05, 3.63) is 93.4 Å². The van der Waals surface area contributed by atoms with Gasteiger partial charge in [0.1, 0.15) is 11.5 Å². The topological polar surface area (TPSA) is 45.4 Å². The van der Waals surface area contributed by atoms with Crippen molar-refractivity contribution in [2.75, 3.05) is 0 Å². The first-order chi connectivity index (χ1) is 14.0. The fourth-order valence-electron chi connectivity index (χ4n) is 2.81. The summed E-state index contributed by atoms with van der Waals surface area (Å²) in [7, 11) is 0. The van der Waals surface area contributed by atoms with E-state index >= 15 is 0 Å². The molecule has 0 aliphatic heterocycles. The smallest absolute Gasteiger partial charge is 0.211 e. The predicted molar refractivity (Wildman–Crippen MR) is 113 cm³/mol. The maximum atomic E-state index is 14.1. The summed E-state index contributed by atoms with van der Waals surface area (Å²) in [4.78, 5) is 7.93. The van der Waals surface area contributed by atoms with Gasteiger partial charge in [-0.1, -0.05) is 12.1 Å². The Morgan fingerprint density at radius 1 is 1.03 bits per heavy atom. The van der Waals surface area contributed by atoms with Gasteiger partial charge in [0.05, 0.1) is 17.6 Å².